The van der Waals surface area contributed by atoms with Crippen LogP contribution in [0, 0.1) is 0 Å². The van der Waals surface area contributed by atoms with E-state index in [4.69, 9.17) is 0 Å². The van der Waals surface area contributed by atoms with Crippen molar-refractivity contribution in [3.05, 3.63) is 30.1 Å². The molecule has 7 heteroatoms. The van der Waals surface area contributed by atoms with Crippen molar-refractivity contribution >= 4 is 17.8 Å². The quantitative estimate of drug-likeness (QED) is 0.584. The molecule has 1 aromatic rings. The van der Waals surface area contributed by atoms with E-state index in [0.717, 1.165) is 0 Å². The van der Waals surface area contributed by atoms with E-state index in [9.17, 15) is 24.6 Å². The van der Waals surface area contributed by atoms with Crippen molar-refractivity contribution in [3.63, 3.8) is 0 Å². The van der Waals surface area contributed by atoms with Crippen LogP contribution in [0.25, 0.3) is 0 Å². The molecular weight excluding hydrogens is 228 g/mol. The molecule has 17 heavy (non-hydrogen) atoms. The SMILES string of the molecule is O=C([O-])C[C@@H](NC(=O)c1cccnc1)C(=O)[O-]. The molecule has 0 aliphatic carbocycles. The molecule has 0 unspecified atom stereocenters. The Morgan fingerprint density at radius 2 is 2.06 bits per heavy atom. The highest BCUT2D eigenvalue weighted by Gasteiger charge is 2.14. The standard InChI is InChI=1S/C10H10N2O5/c13-8(14)4-7(10(16)17)12-9(15)6-2-1-3-11-5-6/h1-3,5,7H,4H2,(H,12,15)(H,13,14)(H,16,17)/p-2/t7-/m1/s1. The van der Waals surface area contributed by atoms with Gasteiger partial charge in [0.25, 0.3) is 5.91 Å². The highest BCUT2D eigenvalue weighted by molar-refractivity contribution is 5.96. The molecule has 1 amide bonds. The van der Waals surface area contributed by atoms with Gasteiger partial charge in [0.1, 0.15) is 0 Å². The van der Waals surface area contributed by atoms with Gasteiger partial charge in [0.05, 0.1) is 17.6 Å². The fourth-order valence-electron chi connectivity index (χ4n) is 1.10. The number of aromatic nitrogens is 1. The molecule has 90 valence electrons. The van der Waals surface area contributed by atoms with E-state index in [2.05, 4.69) is 4.98 Å². The summed E-state index contributed by atoms with van der Waals surface area (Å²) in [5.74, 6) is -4.02. The zero-order chi connectivity index (χ0) is 12.8. The fourth-order valence-corrected chi connectivity index (χ4v) is 1.10. The molecule has 1 heterocycles. The lowest BCUT2D eigenvalue weighted by Crippen LogP contribution is -2.50. The third-order valence-electron chi connectivity index (χ3n) is 1.88. The summed E-state index contributed by atoms with van der Waals surface area (Å²) in [6, 6.07) is 1.27. The number of carboxylic acid groups (broad SMARTS) is 2. The number of carbonyl (C=O) groups is 3. The first-order chi connectivity index (χ1) is 8.00. The number of amides is 1. The summed E-state index contributed by atoms with van der Waals surface area (Å²) < 4.78 is 0. The first kappa shape index (κ1) is 12.6. The zero-order valence-electron chi connectivity index (χ0n) is 8.58. The molecule has 0 saturated carbocycles. The van der Waals surface area contributed by atoms with Crippen LogP contribution >= 0.6 is 0 Å². The molecule has 0 spiro atoms. The summed E-state index contributed by atoms with van der Waals surface area (Å²) >= 11 is 0. The van der Waals surface area contributed by atoms with Crippen LogP contribution in [0.2, 0.25) is 0 Å². The number of nitrogens with one attached hydrogen (secondary N) is 1. The van der Waals surface area contributed by atoms with Crippen molar-refractivity contribution in [2.24, 2.45) is 0 Å². The monoisotopic (exact) mass is 236 g/mol. The Hall–Kier alpha value is -2.44. The van der Waals surface area contributed by atoms with E-state index in [1.807, 2.05) is 5.32 Å². The van der Waals surface area contributed by atoms with Crippen LogP contribution in [0.3, 0.4) is 0 Å². The molecule has 1 atom stereocenters. The average Bonchev–Trinajstić information content (AvgIpc) is 2.28. The third-order valence-corrected chi connectivity index (χ3v) is 1.88. The van der Waals surface area contributed by atoms with Gasteiger partial charge in [0.15, 0.2) is 0 Å². The maximum Gasteiger partial charge on any atom is 0.253 e. The predicted octanol–water partition coefficient (Wildman–Crippen LogP) is -2.93. The van der Waals surface area contributed by atoms with E-state index in [1.54, 1.807) is 0 Å². The van der Waals surface area contributed by atoms with Gasteiger partial charge in [-0.1, -0.05) is 0 Å². The van der Waals surface area contributed by atoms with Crippen LogP contribution in [0.4, 0.5) is 0 Å². The number of nitrogens with zero attached hydrogens (tertiary/aromatic N) is 1. The first-order valence-corrected chi connectivity index (χ1v) is 4.62. The molecule has 0 saturated heterocycles. The molecule has 0 radical (unpaired) electrons. The average molecular weight is 236 g/mol. The van der Waals surface area contributed by atoms with Crippen LogP contribution in [-0.2, 0) is 9.59 Å². The Balaban J connectivity index is 2.71. The van der Waals surface area contributed by atoms with Crippen LogP contribution in [0.15, 0.2) is 24.5 Å². The van der Waals surface area contributed by atoms with E-state index in [0.29, 0.717) is 0 Å². The third kappa shape index (κ3) is 3.90. The Bertz CT molecular complexity index is 432. The Labute approximate surface area is 96.1 Å². The molecular formula is C10H8N2O5-2. The normalized spacial score (nSPS) is 11.5. The van der Waals surface area contributed by atoms with Gasteiger partial charge in [0.2, 0.25) is 0 Å². The summed E-state index contributed by atoms with van der Waals surface area (Å²) in [6.07, 6.45) is 1.81. The molecule has 7 nitrogen and oxygen atoms in total. The van der Waals surface area contributed by atoms with E-state index in [1.165, 1.54) is 24.5 Å². The second-order valence-electron chi connectivity index (χ2n) is 3.16. The number of rotatable bonds is 5. The minimum absolute atomic E-state index is 0.122. The zero-order valence-corrected chi connectivity index (χ0v) is 8.58. The topological polar surface area (TPSA) is 122 Å². The number of pyridine rings is 1. The van der Waals surface area contributed by atoms with Gasteiger partial charge in [-0.2, -0.15) is 0 Å². The maximum atomic E-state index is 11.5. The highest BCUT2D eigenvalue weighted by Crippen LogP contribution is 1.98. The molecule has 1 rings (SSSR count). The van der Waals surface area contributed by atoms with E-state index in [-0.39, 0.29) is 5.56 Å². The lowest BCUT2D eigenvalue weighted by atomic mass is 10.2. The minimum Gasteiger partial charge on any atom is -0.550 e. The molecule has 1 aromatic heterocycles. The van der Waals surface area contributed by atoms with Gasteiger partial charge in [-0.05, 0) is 12.1 Å². The van der Waals surface area contributed by atoms with Gasteiger partial charge in [0, 0.05) is 24.8 Å². The second-order valence-corrected chi connectivity index (χ2v) is 3.16. The molecule has 0 aliphatic rings. The van der Waals surface area contributed by atoms with Crippen molar-refractivity contribution in [2.45, 2.75) is 12.5 Å². The lowest BCUT2D eigenvalue weighted by Gasteiger charge is -2.19. The summed E-state index contributed by atoms with van der Waals surface area (Å²) in [4.78, 5) is 36.0. The first-order valence-electron chi connectivity index (χ1n) is 4.62. The highest BCUT2D eigenvalue weighted by atomic mass is 16.4. The number of carbonyl (C=O) groups excluding carboxylic acids is 3. The van der Waals surface area contributed by atoms with Crippen LogP contribution in [0.1, 0.15) is 16.8 Å². The Morgan fingerprint density at radius 3 is 2.53 bits per heavy atom. The van der Waals surface area contributed by atoms with E-state index < -0.39 is 30.3 Å². The Morgan fingerprint density at radius 1 is 1.35 bits per heavy atom. The largest absolute Gasteiger partial charge is 0.550 e. The Kier molecular flexibility index (Phi) is 4.15. The van der Waals surface area contributed by atoms with Crippen molar-refractivity contribution in [1.82, 2.24) is 10.3 Å². The number of carboxylic acids is 2. The van der Waals surface area contributed by atoms with Gasteiger partial charge in [-0.15, -0.1) is 0 Å². The van der Waals surface area contributed by atoms with Gasteiger partial charge in [-0.25, -0.2) is 0 Å². The van der Waals surface area contributed by atoms with Crippen molar-refractivity contribution < 1.29 is 24.6 Å². The summed E-state index contributed by atoms with van der Waals surface area (Å²) in [5, 5.41) is 22.8. The smallest absolute Gasteiger partial charge is 0.253 e. The molecule has 0 aliphatic heterocycles. The maximum absolute atomic E-state index is 11.5. The predicted molar refractivity (Wildman–Crippen MR) is 50.1 cm³/mol. The van der Waals surface area contributed by atoms with Crippen molar-refractivity contribution in [2.75, 3.05) is 0 Å². The molecule has 0 fully saturated rings. The second kappa shape index (κ2) is 5.59. The van der Waals surface area contributed by atoms with Gasteiger partial charge >= 0.3 is 0 Å². The molecule has 1 N–H and O–H groups in total. The number of aliphatic carboxylic acids is 2. The van der Waals surface area contributed by atoms with E-state index >= 15 is 0 Å². The van der Waals surface area contributed by atoms with Crippen LogP contribution in [0.5, 0.6) is 0 Å². The fraction of sp³-hybridized carbons (Fsp3) is 0.200. The van der Waals surface area contributed by atoms with Crippen LogP contribution < -0.4 is 15.5 Å². The molecule has 0 bridgehead atoms. The summed E-state index contributed by atoms with van der Waals surface area (Å²) in [6.45, 7) is 0. The van der Waals surface area contributed by atoms with Crippen LogP contribution in [-0.4, -0.2) is 28.9 Å². The lowest BCUT2D eigenvalue weighted by molar-refractivity contribution is -0.317. The summed E-state index contributed by atoms with van der Waals surface area (Å²) in [5.41, 5.74) is 0.122. The van der Waals surface area contributed by atoms with Crippen molar-refractivity contribution in [1.29, 1.82) is 0 Å². The van der Waals surface area contributed by atoms with Gasteiger partial charge < -0.3 is 25.1 Å². The van der Waals surface area contributed by atoms with Gasteiger partial charge in [-0.3, -0.25) is 9.78 Å². The summed E-state index contributed by atoms with van der Waals surface area (Å²) in [7, 11) is 0. The minimum atomic E-state index is -1.69. The van der Waals surface area contributed by atoms with Crippen molar-refractivity contribution in [3.8, 4) is 0 Å². The number of hydrogen-bond acceptors (Lipinski definition) is 6. The number of hydrogen-bond donors (Lipinski definition) is 1. The molecule has 0 aromatic carbocycles.